The summed E-state index contributed by atoms with van der Waals surface area (Å²) in [4.78, 5) is 0. The van der Waals surface area contributed by atoms with Gasteiger partial charge in [0.05, 0.1) is 19.9 Å². The largest absolute Gasteiger partial charge is 0.497 e. The second-order valence-electron chi connectivity index (χ2n) is 6.71. The molecule has 0 aliphatic heterocycles. The topological polar surface area (TPSA) is 49.2 Å². The Morgan fingerprint density at radius 2 is 1.57 bits per heavy atom. The summed E-state index contributed by atoms with van der Waals surface area (Å²) in [5.41, 5.74) is 3.29. The van der Waals surface area contributed by atoms with Crippen molar-refractivity contribution in [1.82, 2.24) is 14.8 Å². The zero-order valence-electron chi connectivity index (χ0n) is 17.0. The molecule has 0 aliphatic rings. The highest BCUT2D eigenvalue weighted by Gasteiger charge is 2.18. The van der Waals surface area contributed by atoms with Gasteiger partial charge in [0.25, 0.3) is 0 Å². The number of aromatic nitrogens is 3. The Kier molecular flexibility index (Phi) is 6.35. The van der Waals surface area contributed by atoms with Crippen LogP contribution in [0.5, 0.6) is 11.5 Å². The molecule has 4 aromatic rings. The monoisotopic (exact) mass is 417 g/mol. The van der Waals surface area contributed by atoms with Gasteiger partial charge in [-0.2, -0.15) is 0 Å². The Hall–Kier alpha value is -3.25. The fourth-order valence-electron chi connectivity index (χ4n) is 3.25. The number of para-hydroxylation sites is 2. The zero-order chi connectivity index (χ0) is 20.8. The van der Waals surface area contributed by atoms with Gasteiger partial charge in [-0.25, -0.2) is 0 Å². The molecule has 152 valence electrons. The summed E-state index contributed by atoms with van der Waals surface area (Å²) in [6.45, 7) is 0. The van der Waals surface area contributed by atoms with Crippen molar-refractivity contribution in [1.29, 1.82) is 0 Å². The number of rotatable bonds is 8. The van der Waals surface area contributed by atoms with Gasteiger partial charge in [0, 0.05) is 12.2 Å². The van der Waals surface area contributed by atoms with E-state index >= 15 is 0 Å². The van der Waals surface area contributed by atoms with E-state index in [0.717, 1.165) is 33.9 Å². The first-order valence-corrected chi connectivity index (χ1v) is 10.6. The van der Waals surface area contributed by atoms with Gasteiger partial charge in [-0.15, -0.1) is 10.2 Å². The number of methoxy groups -OCH3 is 2. The molecule has 0 amide bonds. The van der Waals surface area contributed by atoms with Gasteiger partial charge in [-0.05, 0) is 35.4 Å². The smallest absolute Gasteiger partial charge is 0.196 e. The SMILES string of the molecule is COc1cccc(CSc2nnc(Cc3ccccc3)n2-c2ccccc2OC)c1. The van der Waals surface area contributed by atoms with Crippen molar-refractivity contribution >= 4 is 11.8 Å². The van der Waals surface area contributed by atoms with E-state index in [4.69, 9.17) is 9.47 Å². The summed E-state index contributed by atoms with van der Waals surface area (Å²) in [5.74, 6) is 3.27. The fourth-order valence-corrected chi connectivity index (χ4v) is 4.16. The van der Waals surface area contributed by atoms with Crippen molar-refractivity contribution in [3.63, 3.8) is 0 Å². The molecule has 30 heavy (non-hydrogen) atoms. The quantitative estimate of drug-likeness (QED) is 0.370. The molecule has 0 bridgehead atoms. The molecule has 0 atom stereocenters. The molecule has 0 spiro atoms. The molecule has 0 fully saturated rings. The molecule has 1 aromatic heterocycles. The van der Waals surface area contributed by atoms with Crippen LogP contribution in [-0.4, -0.2) is 29.0 Å². The molecule has 0 saturated heterocycles. The van der Waals surface area contributed by atoms with Gasteiger partial charge in [0.2, 0.25) is 0 Å². The minimum Gasteiger partial charge on any atom is -0.497 e. The molecule has 0 N–H and O–H groups in total. The van der Waals surface area contributed by atoms with Crippen molar-refractivity contribution in [3.8, 4) is 17.2 Å². The lowest BCUT2D eigenvalue weighted by Gasteiger charge is -2.14. The number of hydrogen-bond donors (Lipinski definition) is 0. The molecule has 5 nitrogen and oxygen atoms in total. The van der Waals surface area contributed by atoms with Crippen LogP contribution < -0.4 is 9.47 Å². The van der Waals surface area contributed by atoms with E-state index in [1.165, 1.54) is 11.1 Å². The number of ether oxygens (including phenoxy) is 2. The van der Waals surface area contributed by atoms with Crippen LogP contribution in [0.1, 0.15) is 17.0 Å². The average molecular weight is 418 g/mol. The Bertz CT molecular complexity index is 1110. The molecule has 0 aliphatic carbocycles. The fraction of sp³-hybridized carbons (Fsp3) is 0.167. The van der Waals surface area contributed by atoms with E-state index in [9.17, 15) is 0 Å². The average Bonchev–Trinajstić information content (AvgIpc) is 3.20. The Morgan fingerprint density at radius 3 is 2.37 bits per heavy atom. The van der Waals surface area contributed by atoms with Gasteiger partial charge in [0.15, 0.2) is 5.16 Å². The molecule has 4 rings (SSSR count). The summed E-state index contributed by atoms with van der Waals surface area (Å²) >= 11 is 1.64. The third kappa shape index (κ3) is 4.49. The highest BCUT2D eigenvalue weighted by molar-refractivity contribution is 7.98. The molecular weight excluding hydrogens is 394 g/mol. The molecule has 1 heterocycles. The molecular formula is C24H23N3O2S. The van der Waals surface area contributed by atoms with Crippen LogP contribution in [-0.2, 0) is 12.2 Å². The highest BCUT2D eigenvalue weighted by atomic mass is 32.2. The summed E-state index contributed by atoms with van der Waals surface area (Å²) in [6.07, 6.45) is 0.686. The lowest BCUT2D eigenvalue weighted by atomic mass is 10.1. The molecule has 0 unspecified atom stereocenters. The first kappa shape index (κ1) is 20.0. The highest BCUT2D eigenvalue weighted by Crippen LogP contribution is 2.31. The predicted octanol–water partition coefficient (Wildman–Crippen LogP) is 5.17. The van der Waals surface area contributed by atoms with Crippen LogP contribution in [0, 0.1) is 0 Å². The van der Waals surface area contributed by atoms with E-state index < -0.39 is 0 Å². The lowest BCUT2D eigenvalue weighted by molar-refractivity contribution is 0.411. The van der Waals surface area contributed by atoms with E-state index in [1.807, 2.05) is 60.7 Å². The maximum absolute atomic E-state index is 5.62. The third-order valence-corrected chi connectivity index (χ3v) is 5.73. The van der Waals surface area contributed by atoms with E-state index in [-0.39, 0.29) is 0 Å². The number of hydrogen-bond acceptors (Lipinski definition) is 5. The number of benzene rings is 3. The lowest BCUT2D eigenvalue weighted by Crippen LogP contribution is -2.05. The van der Waals surface area contributed by atoms with E-state index in [2.05, 4.69) is 33.0 Å². The van der Waals surface area contributed by atoms with Crippen LogP contribution in [0.4, 0.5) is 0 Å². The molecule has 0 radical (unpaired) electrons. The molecule has 6 heteroatoms. The van der Waals surface area contributed by atoms with Gasteiger partial charge in [0.1, 0.15) is 17.3 Å². The molecule has 3 aromatic carbocycles. The van der Waals surface area contributed by atoms with Crippen molar-refractivity contribution < 1.29 is 9.47 Å². The number of nitrogens with zero attached hydrogens (tertiary/aromatic N) is 3. The Balaban J connectivity index is 1.69. The van der Waals surface area contributed by atoms with Crippen molar-refractivity contribution in [2.75, 3.05) is 14.2 Å². The summed E-state index contributed by atoms with van der Waals surface area (Å²) in [7, 11) is 3.36. The van der Waals surface area contributed by atoms with E-state index in [1.54, 1.807) is 26.0 Å². The minimum absolute atomic E-state index is 0.686. The first-order chi connectivity index (χ1) is 14.8. The summed E-state index contributed by atoms with van der Waals surface area (Å²) in [6, 6.07) is 26.3. The van der Waals surface area contributed by atoms with Crippen LogP contribution in [0.25, 0.3) is 5.69 Å². The van der Waals surface area contributed by atoms with Crippen LogP contribution in [0.2, 0.25) is 0 Å². The van der Waals surface area contributed by atoms with Gasteiger partial charge >= 0.3 is 0 Å². The second kappa shape index (κ2) is 9.50. The van der Waals surface area contributed by atoms with Gasteiger partial charge in [-0.3, -0.25) is 4.57 Å². The van der Waals surface area contributed by atoms with Crippen LogP contribution in [0.15, 0.2) is 84.0 Å². The zero-order valence-corrected chi connectivity index (χ0v) is 17.8. The van der Waals surface area contributed by atoms with Gasteiger partial charge < -0.3 is 9.47 Å². The third-order valence-electron chi connectivity index (χ3n) is 4.73. The summed E-state index contributed by atoms with van der Waals surface area (Å²) < 4.78 is 13.1. The van der Waals surface area contributed by atoms with E-state index in [0.29, 0.717) is 6.42 Å². The standard InChI is InChI=1S/C24H23N3O2S/c1-28-20-12-8-11-19(15-20)17-30-24-26-25-23(16-18-9-4-3-5-10-18)27(24)21-13-6-7-14-22(21)29-2/h3-15H,16-17H2,1-2H3. The number of thioether (sulfide) groups is 1. The maximum atomic E-state index is 5.62. The Labute approximate surface area is 180 Å². The maximum Gasteiger partial charge on any atom is 0.196 e. The minimum atomic E-state index is 0.686. The van der Waals surface area contributed by atoms with Gasteiger partial charge in [-0.1, -0.05) is 66.4 Å². The first-order valence-electron chi connectivity index (χ1n) is 9.66. The Morgan fingerprint density at radius 1 is 0.800 bits per heavy atom. The normalized spacial score (nSPS) is 10.7. The van der Waals surface area contributed by atoms with Crippen molar-refractivity contribution in [3.05, 3.63) is 95.8 Å². The second-order valence-corrected chi connectivity index (χ2v) is 7.65. The molecule has 0 saturated carbocycles. The summed E-state index contributed by atoms with van der Waals surface area (Å²) in [5, 5.41) is 9.86. The predicted molar refractivity (Wildman–Crippen MR) is 120 cm³/mol. The van der Waals surface area contributed by atoms with Crippen molar-refractivity contribution in [2.24, 2.45) is 0 Å². The van der Waals surface area contributed by atoms with Crippen LogP contribution >= 0.6 is 11.8 Å². The van der Waals surface area contributed by atoms with Crippen molar-refractivity contribution in [2.45, 2.75) is 17.3 Å². The van der Waals surface area contributed by atoms with Crippen LogP contribution in [0.3, 0.4) is 0 Å².